The first-order valence-corrected chi connectivity index (χ1v) is 20.4. The van der Waals surface area contributed by atoms with Crippen molar-refractivity contribution in [1.29, 1.82) is 0 Å². The van der Waals surface area contributed by atoms with E-state index in [0.717, 1.165) is 64.4 Å². The third-order valence-corrected chi connectivity index (χ3v) is 11.4. The molecule has 5 heterocycles. The molecule has 312 valence electrons. The quantitative estimate of drug-likeness (QED) is 0.115. The molecule has 0 aliphatic carbocycles. The van der Waals surface area contributed by atoms with E-state index in [4.69, 9.17) is 24.4 Å². The summed E-state index contributed by atoms with van der Waals surface area (Å²) in [4.78, 5) is 76.5. The third-order valence-electron chi connectivity index (χ3n) is 11.4. The van der Waals surface area contributed by atoms with Crippen LogP contribution in [0, 0.1) is 17.8 Å². The number of likely N-dealkylation sites (tertiary alicyclic amines) is 2. The molecule has 4 atom stereocenters. The van der Waals surface area contributed by atoms with Crippen molar-refractivity contribution in [1.82, 2.24) is 45.4 Å². The standard InChI is InChI=1S/C46H47N9O6/c1-27(2)39(52-45(58)60-3)43(56)55-23-9-13-38(55)42-49-34-20-15-28(24-35(34)50-42)14-18-32-19-16-30-25-31(17-21-33(30)48-32)36-26-47-41(51-36)37-12-8-22-54(37)44(57)40(53-46(59)61-4)29-10-6-5-7-11-29/h5-7,10-11,15-17,19-21,24-27,37-40H,8-9,12-13,22-23H2,1-4H3,(H,47,51)(H,49,50)(H,52,58)(H,53,59)/t37-,38-,39-,40+/m0/s1. The molecule has 2 aliphatic rings. The van der Waals surface area contributed by atoms with Crippen LogP contribution in [0.3, 0.4) is 0 Å². The number of aromatic nitrogens is 5. The van der Waals surface area contributed by atoms with Gasteiger partial charge in [-0.3, -0.25) is 9.59 Å². The summed E-state index contributed by atoms with van der Waals surface area (Å²) in [5, 5.41) is 6.33. The van der Waals surface area contributed by atoms with Gasteiger partial charge in [0.1, 0.15) is 29.4 Å². The molecule has 4 amide bonds. The van der Waals surface area contributed by atoms with Crippen molar-refractivity contribution < 1.29 is 28.7 Å². The van der Waals surface area contributed by atoms with E-state index in [1.807, 2.05) is 92.7 Å². The van der Waals surface area contributed by atoms with Crippen LogP contribution in [0.5, 0.6) is 0 Å². The Kier molecular flexibility index (Phi) is 11.7. The van der Waals surface area contributed by atoms with Crippen LogP contribution in [0.15, 0.2) is 85.1 Å². The van der Waals surface area contributed by atoms with E-state index in [-0.39, 0.29) is 29.8 Å². The molecule has 15 nitrogen and oxygen atoms in total. The summed E-state index contributed by atoms with van der Waals surface area (Å²) in [5.74, 6) is 7.31. The Morgan fingerprint density at radius 2 is 1.46 bits per heavy atom. The summed E-state index contributed by atoms with van der Waals surface area (Å²) < 4.78 is 9.59. The Bertz CT molecular complexity index is 2660. The highest BCUT2D eigenvalue weighted by Crippen LogP contribution is 2.35. The Morgan fingerprint density at radius 3 is 2.20 bits per heavy atom. The largest absolute Gasteiger partial charge is 0.453 e. The minimum atomic E-state index is -0.892. The summed E-state index contributed by atoms with van der Waals surface area (Å²) >= 11 is 0. The number of carbonyl (C=O) groups is 4. The Balaban J connectivity index is 0.954. The lowest BCUT2D eigenvalue weighted by Crippen LogP contribution is -2.51. The lowest BCUT2D eigenvalue weighted by atomic mass is 10.0. The average molecular weight is 822 g/mol. The second kappa shape index (κ2) is 17.6. The van der Waals surface area contributed by atoms with E-state index in [1.165, 1.54) is 14.2 Å². The number of nitrogens with one attached hydrogen (secondary N) is 4. The van der Waals surface area contributed by atoms with Crippen LogP contribution in [-0.4, -0.2) is 92.1 Å². The molecule has 8 rings (SSSR count). The number of hydrogen-bond donors (Lipinski definition) is 4. The number of carbonyl (C=O) groups excluding carboxylic acids is 4. The van der Waals surface area contributed by atoms with Crippen molar-refractivity contribution >= 4 is 45.9 Å². The Hall–Kier alpha value is -7.21. The van der Waals surface area contributed by atoms with Gasteiger partial charge >= 0.3 is 12.2 Å². The van der Waals surface area contributed by atoms with Crippen LogP contribution in [-0.2, 0) is 19.1 Å². The smallest absolute Gasteiger partial charge is 0.407 e. The molecule has 0 unspecified atom stereocenters. The van der Waals surface area contributed by atoms with Crippen LogP contribution in [0.1, 0.15) is 86.1 Å². The van der Waals surface area contributed by atoms with Gasteiger partial charge in [-0.2, -0.15) is 0 Å². The maximum atomic E-state index is 13.9. The Labute approximate surface area is 352 Å². The van der Waals surface area contributed by atoms with E-state index in [2.05, 4.69) is 32.4 Å². The normalized spacial score (nSPS) is 17.2. The van der Waals surface area contributed by atoms with E-state index < -0.39 is 24.3 Å². The number of benzene rings is 3. The number of pyridine rings is 1. The minimum absolute atomic E-state index is 0.120. The first-order valence-electron chi connectivity index (χ1n) is 20.4. The zero-order valence-electron chi connectivity index (χ0n) is 34.4. The molecule has 61 heavy (non-hydrogen) atoms. The lowest BCUT2D eigenvalue weighted by Gasteiger charge is -2.29. The van der Waals surface area contributed by atoms with E-state index >= 15 is 0 Å². The van der Waals surface area contributed by atoms with Crippen LogP contribution in [0.25, 0.3) is 33.2 Å². The van der Waals surface area contributed by atoms with Crippen molar-refractivity contribution in [2.24, 2.45) is 5.92 Å². The number of fused-ring (bicyclic) bond motifs is 2. The zero-order chi connectivity index (χ0) is 42.6. The number of amides is 4. The van der Waals surface area contributed by atoms with Crippen molar-refractivity contribution in [3.63, 3.8) is 0 Å². The molecule has 0 radical (unpaired) electrons. The molecule has 6 aromatic rings. The summed E-state index contributed by atoms with van der Waals surface area (Å²) in [7, 11) is 2.56. The molecule has 2 aliphatic heterocycles. The fraction of sp³-hybridized carbons (Fsp3) is 0.326. The molecule has 0 bridgehead atoms. The van der Waals surface area contributed by atoms with E-state index in [1.54, 1.807) is 16.0 Å². The lowest BCUT2D eigenvalue weighted by molar-refractivity contribution is -0.135. The predicted molar refractivity (Wildman–Crippen MR) is 228 cm³/mol. The zero-order valence-corrected chi connectivity index (χ0v) is 34.4. The van der Waals surface area contributed by atoms with E-state index in [9.17, 15) is 19.2 Å². The number of H-pyrrole nitrogens is 2. The van der Waals surface area contributed by atoms with Gasteiger partial charge in [0.25, 0.3) is 5.91 Å². The van der Waals surface area contributed by atoms with Gasteiger partial charge < -0.3 is 39.9 Å². The SMILES string of the molecule is COC(=O)N[C@H](C(=O)N1CCC[C@H]1c1nc2ccc(C#Cc3ccc4cc(-c5cnc([C@@H]6CCCN6C(=O)[C@H](NC(=O)OC)c6ccccc6)[nH]5)ccc4n3)cc2[nH]1)C(C)C. The predicted octanol–water partition coefficient (Wildman–Crippen LogP) is 6.71. The van der Waals surface area contributed by atoms with Crippen LogP contribution < -0.4 is 10.6 Å². The van der Waals surface area contributed by atoms with Gasteiger partial charge in [0.15, 0.2) is 0 Å². The van der Waals surface area contributed by atoms with Crippen LogP contribution in [0.2, 0.25) is 0 Å². The Morgan fingerprint density at radius 1 is 0.754 bits per heavy atom. The number of methoxy groups -OCH3 is 2. The third kappa shape index (κ3) is 8.61. The summed E-state index contributed by atoms with van der Waals surface area (Å²) in [6, 6.07) is 22.7. The highest BCUT2D eigenvalue weighted by atomic mass is 16.5. The van der Waals surface area contributed by atoms with Crippen molar-refractivity contribution in [2.45, 2.75) is 63.7 Å². The van der Waals surface area contributed by atoms with Crippen molar-refractivity contribution in [3.05, 3.63) is 114 Å². The second-order valence-corrected chi connectivity index (χ2v) is 15.6. The van der Waals surface area contributed by atoms with Crippen molar-refractivity contribution in [2.75, 3.05) is 27.3 Å². The highest BCUT2D eigenvalue weighted by molar-refractivity contribution is 5.88. The van der Waals surface area contributed by atoms with Crippen molar-refractivity contribution in [3.8, 4) is 23.1 Å². The number of aromatic amines is 2. The maximum Gasteiger partial charge on any atom is 0.407 e. The maximum absolute atomic E-state index is 13.9. The van der Waals surface area contributed by atoms with Gasteiger partial charge in [0.2, 0.25) is 5.91 Å². The first-order chi connectivity index (χ1) is 29.6. The topological polar surface area (TPSA) is 188 Å². The molecule has 3 aromatic heterocycles. The molecule has 0 spiro atoms. The molecule has 2 saturated heterocycles. The highest BCUT2D eigenvalue weighted by Gasteiger charge is 2.39. The van der Waals surface area contributed by atoms with Crippen LogP contribution >= 0.6 is 0 Å². The average Bonchev–Trinajstić information content (AvgIpc) is 4.12. The van der Waals surface area contributed by atoms with Gasteiger partial charge in [-0.1, -0.05) is 56.2 Å². The van der Waals surface area contributed by atoms with Gasteiger partial charge in [0, 0.05) is 29.6 Å². The minimum Gasteiger partial charge on any atom is -0.453 e. The summed E-state index contributed by atoms with van der Waals surface area (Å²) in [6.45, 7) is 4.90. The second-order valence-electron chi connectivity index (χ2n) is 15.6. The fourth-order valence-electron chi connectivity index (χ4n) is 8.20. The monoisotopic (exact) mass is 821 g/mol. The van der Waals surface area contributed by atoms with Crippen LogP contribution in [0.4, 0.5) is 9.59 Å². The van der Waals surface area contributed by atoms with Gasteiger partial charge in [0.05, 0.1) is 54.7 Å². The number of nitrogens with zero attached hydrogens (tertiary/aromatic N) is 5. The molecular weight excluding hydrogens is 775 g/mol. The molecule has 4 N–H and O–H groups in total. The molecule has 2 fully saturated rings. The van der Waals surface area contributed by atoms with E-state index in [0.29, 0.717) is 36.0 Å². The number of alkyl carbamates (subject to hydrolysis) is 2. The molecular formula is C46H47N9O6. The first kappa shape index (κ1) is 40.6. The van der Waals surface area contributed by atoms with Gasteiger partial charge in [-0.15, -0.1) is 0 Å². The number of rotatable bonds is 9. The molecule has 0 saturated carbocycles. The fourth-order valence-corrected chi connectivity index (χ4v) is 8.20. The van der Waals surface area contributed by atoms with Gasteiger partial charge in [-0.25, -0.2) is 24.5 Å². The number of ether oxygens (including phenoxy) is 2. The molecule has 15 heteroatoms. The number of imidazole rings is 2. The summed E-state index contributed by atoms with van der Waals surface area (Å²) in [6.07, 6.45) is 3.60. The number of hydrogen-bond acceptors (Lipinski definition) is 9. The molecule has 3 aromatic carbocycles. The van der Waals surface area contributed by atoms with Gasteiger partial charge in [-0.05, 0) is 85.5 Å². The summed E-state index contributed by atoms with van der Waals surface area (Å²) in [5.41, 5.74) is 6.19.